The number of allylic oxidation sites excluding steroid dienone is 1. The number of halogens is 3. The van der Waals surface area contributed by atoms with Crippen molar-refractivity contribution in [2.45, 2.75) is 42.4 Å². The van der Waals surface area contributed by atoms with E-state index in [4.69, 9.17) is 39.5 Å². The summed E-state index contributed by atoms with van der Waals surface area (Å²) in [5.41, 5.74) is 0. The minimum Gasteiger partial charge on any atom is -0.475 e. The Bertz CT molecular complexity index is 271. The predicted molar refractivity (Wildman–Crippen MR) is 70.7 cm³/mol. The second-order valence-corrected chi connectivity index (χ2v) is 6.02. The minimum absolute atomic E-state index is 0.00717. The van der Waals surface area contributed by atoms with Gasteiger partial charge in [-0.15, -0.1) is 0 Å². The molecule has 1 atom stereocenters. The van der Waals surface area contributed by atoms with Crippen molar-refractivity contribution in [1.29, 1.82) is 0 Å². The van der Waals surface area contributed by atoms with E-state index in [-0.39, 0.29) is 11.9 Å². The third-order valence-electron chi connectivity index (χ3n) is 2.25. The summed E-state index contributed by atoms with van der Waals surface area (Å²) >= 11 is 17.0. The van der Waals surface area contributed by atoms with Crippen LogP contribution in [0.3, 0.4) is 0 Å². The molecule has 0 amide bonds. The van der Waals surface area contributed by atoms with Gasteiger partial charge in [0.25, 0.3) is 3.79 Å². The first kappa shape index (κ1) is 14.1. The molecule has 1 rings (SSSR count). The van der Waals surface area contributed by atoms with Gasteiger partial charge in [0.2, 0.25) is 5.90 Å². The van der Waals surface area contributed by atoms with Crippen LogP contribution in [0.4, 0.5) is 0 Å². The van der Waals surface area contributed by atoms with E-state index in [9.17, 15) is 0 Å². The Labute approximate surface area is 112 Å². The Morgan fingerprint density at radius 3 is 2.75 bits per heavy atom. The normalized spacial score (nSPS) is 21.2. The third-order valence-corrected chi connectivity index (χ3v) is 2.73. The van der Waals surface area contributed by atoms with Gasteiger partial charge in [-0.1, -0.05) is 66.7 Å². The average molecular weight is 285 g/mol. The molecule has 0 spiro atoms. The van der Waals surface area contributed by atoms with Crippen LogP contribution in [-0.4, -0.2) is 22.3 Å². The molecule has 92 valence electrons. The van der Waals surface area contributed by atoms with Crippen LogP contribution in [0.1, 0.15) is 32.6 Å². The Kier molecular flexibility index (Phi) is 5.95. The number of ether oxygens (including phenoxy) is 1. The highest BCUT2D eigenvalue weighted by Gasteiger charge is 2.34. The van der Waals surface area contributed by atoms with Crippen LogP contribution in [0, 0.1) is 0 Å². The van der Waals surface area contributed by atoms with Crippen molar-refractivity contribution in [2.75, 3.05) is 6.61 Å². The highest BCUT2D eigenvalue weighted by Crippen LogP contribution is 2.31. The lowest BCUT2D eigenvalue weighted by atomic mass is 10.2. The molecule has 0 bridgehead atoms. The maximum absolute atomic E-state index is 5.66. The van der Waals surface area contributed by atoms with Crippen LogP contribution in [0.2, 0.25) is 0 Å². The van der Waals surface area contributed by atoms with Gasteiger partial charge in [-0.2, -0.15) is 0 Å². The third kappa shape index (κ3) is 4.94. The van der Waals surface area contributed by atoms with Gasteiger partial charge in [0.1, 0.15) is 12.6 Å². The van der Waals surface area contributed by atoms with Crippen LogP contribution in [-0.2, 0) is 4.74 Å². The first-order valence-electron chi connectivity index (χ1n) is 5.48. The standard InChI is InChI=1S/C11H16Cl3NO/c1-2-3-4-5-6-7-9-8-16-10(15-9)11(12,13)14/h6-7,9H,2-5,8H2,1H3/b7-6+. The van der Waals surface area contributed by atoms with Gasteiger partial charge >= 0.3 is 0 Å². The molecule has 0 aromatic carbocycles. The average Bonchev–Trinajstić information content (AvgIpc) is 2.65. The van der Waals surface area contributed by atoms with Crippen LogP contribution in [0.15, 0.2) is 17.1 Å². The molecular weight excluding hydrogens is 268 g/mol. The molecule has 0 aliphatic carbocycles. The van der Waals surface area contributed by atoms with E-state index < -0.39 is 3.79 Å². The minimum atomic E-state index is -1.54. The number of alkyl halides is 3. The maximum Gasteiger partial charge on any atom is 0.266 e. The molecule has 1 aliphatic rings. The summed E-state index contributed by atoms with van der Waals surface area (Å²) in [5, 5.41) is 0. The first-order chi connectivity index (χ1) is 7.54. The van der Waals surface area contributed by atoms with Crippen LogP contribution in [0.5, 0.6) is 0 Å². The number of hydrogen-bond acceptors (Lipinski definition) is 2. The zero-order valence-corrected chi connectivity index (χ0v) is 11.5. The Morgan fingerprint density at radius 2 is 2.19 bits per heavy atom. The summed E-state index contributed by atoms with van der Waals surface area (Å²) in [7, 11) is 0. The summed E-state index contributed by atoms with van der Waals surface area (Å²) in [6.07, 6.45) is 8.91. The van der Waals surface area contributed by atoms with Gasteiger partial charge in [0.15, 0.2) is 0 Å². The molecule has 5 heteroatoms. The summed E-state index contributed by atoms with van der Waals surface area (Å²) in [6.45, 7) is 2.65. The summed E-state index contributed by atoms with van der Waals surface area (Å²) < 4.78 is 3.67. The van der Waals surface area contributed by atoms with Crippen LogP contribution in [0.25, 0.3) is 0 Å². The van der Waals surface area contributed by atoms with Gasteiger partial charge in [-0.3, -0.25) is 0 Å². The van der Waals surface area contributed by atoms with Crippen LogP contribution < -0.4 is 0 Å². The van der Waals surface area contributed by atoms with Crippen molar-refractivity contribution >= 4 is 40.7 Å². The molecule has 2 nitrogen and oxygen atoms in total. The van der Waals surface area contributed by atoms with Crippen molar-refractivity contribution in [3.63, 3.8) is 0 Å². The number of aliphatic imine (C=N–C) groups is 1. The molecular formula is C11H16Cl3NO. The number of rotatable bonds is 5. The maximum atomic E-state index is 5.66. The smallest absolute Gasteiger partial charge is 0.266 e. The summed E-state index contributed by atoms with van der Waals surface area (Å²) in [4.78, 5) is 4.19. The second kappa shape index (κ2) is 6.73. The van der Waals surface area contributed by atoms with E-state index in [2.05, 4.69) is 18.0 Å². The molecule has 0 aromatic rings. The lowest BCUT2D eigenvalue weighted by molar-refractivity contribution is 0.326. The first-order valence-corrected chi connectivity index (χ1v) is 6.62. The Hall–Kier alpha value is 0.0800. The van der Waals surface area contributed by atoms with Gasteiger partial charge in [-0.25, -0.2) is 4.99 Å². The van der Waals surface area contributed by atoms with Gasteiger partial charge < -0.3 is 4.74 Å². The van der Waals surface area contributed by atoms with E-state index in [1.807, 2.05) is 6.08 Å². The zero-order valence-electron chi connectivity index (χ0n) is 9.26. The summed E-state index contributed by atoms with van der Waals surface area (Å²) in [5.74, 6) is 0.195. The Morgan fingerprint density at radius 1 is 1.44 bits per heavy atom. The van der Waals surface area contributed by atoms with E-state index in [1.54, 1.807) is 0 Å². The second-order valence-electron chi connectivity index (χ2n) is 3.73. The lowest BCUT2D eigenvalue weighted by Gasteiger charge is -2.08. The molecule has 1 heterocycles. The summed E-state index contributed by atoms with van der Waals surface area (Å²) in [6, 6.07) is -0.00717. The number of unbranched alkanes of at least 4 members (excludes halogenated alkanes) is 3. The predicted octanol–water partition coefficient (Wildman–Crippen LogP) is 4.29. The van der Waals surface area contributed by atoms with E-state index in [1.165, 1.54) is 19.3 Å². The van der Waals surface area contributed by atoms with Gasteiger partial charge in [0, 0.05) is 0 Å². The molecule has 1 unspecified atom stereocenters. The molecule has 0 fully saturated rings. The molecule has 0 aromatic heterocycles. The topological polar surface area (TPSA) is 21.6 Å². The molecule has 0 radical (unpaired) electrons. The van der Waals surface area contributed by atoms with Crippen molar-refractivity contribution in [1.82, 2.24) is 0 Å². The SMILES string of the molecule is CCCCC/C=C/C1COC(C(Cl)(Cl)Cl)=N1. The van der Waals surface area contributed by atoms with Crippen molar-refractivity contribution in [3.05, 3.63) is 12.2 Å². The van der Waals surface area contributed by atoms with Crippen molar-refractivity contribution in [3.8, 4) is 0 Å². The fourth-order valence-electron chi connectivity index (χ4n) is 1.41. The quantitative estimate of drug-likeness (QED) is 0.419. The molecule has 1 aliphatic heterocycles. The largest absolute Gasteiger partial charge is 0.475 e. The van der Waals surface area contributed by atoms with Gasteiger partial charge in [0.05, 0.1) is 0 Å². The number of nitrogens with zero attached hydrogens (tertiary/aromatic N) is 1. The molecule has 0 N–H and O–H groups in total. The lowest BCUT2D eigenvalue weighted by Crippen LogP contribution is -2.18. The molecule has 16 heavy (non-hydrogen) atoms. The number of hydrogen-bond donors (Lipinski definition) is 0. The molecule has 0 saturated heterocycles. The van der Waals surface area contributed by atoms with E-state index >= 15 is 0 Å². The molecule has 0 saturated carbocycles. The highest BCUT2D eigenvalue weighted by molar-refractivity contribution is 6.76. The Balaban J connectivity index is 2.33. The van der Waals surface area contributed by atoms with Crippen molar-refractivity contribution in [2.24, 2.45) is 4.99 Å². The monoisotopic (exact) mass is 283 g/mol. The van der Waals surface area contributed by atoms with E-state index in [0.717, 1.165) is 6.42 Å². The van der Waals surface area contributed by atoms with Crippen molar-refractivity contribution < 1.29 is 4.74 Å². The zero-order chi connectivity index (χ0) is 12.0. The van der Waals surface area contributed by atoms with Gasteiger partial charge in [-0.05, 0) is 12.8 Å². The fourth-order valence-corrected chi connectivity index (χ4v) is 1.72. The van der Waals surface area contributed by atoms with Crippen LogP contribution >= 0.6 is 34.8 Å². The highest BCUT2D eigenvalue weighted by atomic mass is 35.6. The van der Waals surface area contributed by atoms with E-state index in [0.29, 0.717) is 6.61 Å². The fraction of sp³-hybridized carbons (Fsp3) is 0.727.